The second-order valence-corrected chi connectivity index (χ2v) is 6.81. The van der Waals surface area contributed by atoms with E-state index in [-0.39, 0.29) is 0 Å². The summed E-state index contributed by atoms with van der Waals surface area (Å²) in [7, 11) is -1.73. The predicted octanol–water partition coefficient (Wildman–Crippen LogP) is 2.32. The second-order valence-electron chi connectivity index (χ2n) is 4.78. The van der Waals surface area contributed by atoms with Gasteiger partial charge in [-0.1, -0.05) is 37.6 Å². The van der Waals surface area contributed by atoms with Crippen LogP contribution in [0.25, 0.3) is 0 Å². The quantitative estimate of drug-likeness (QED) is 0.804. The standard InChI is InChI=1S/C14H24N2O2S/c1-6-16(7-2)19(17,18)15(5)11-14-9-8-12(3)10-13(14)4/h8-10H,6-7,11H2,1-5H3. The molecule has 0 atom stereocenters. The van der Waals surface area contributed by atoms with Gasteiger partial charge < -0.3 is 0 Å². The molecule has 5 heteroatoms. The first-order chi connectivity index (χ1) is 8.82. The summed E-state index contributed by atoms with van der Waals surface area (Å²) in [6.45, 7) is 9.16. The van der Waals surface area contributed by atoms with Crippen LogP contribution >= 0.6 is 0 Å². The Morgan fingerprint density at radius 2 is 1.68 bits per heavy atom. The first-order valence-electron chi connectivity index (χ1n) is 6.60. The van der Waals surface area contributed by atoms with Crippen molar-refractivity contribution in [3.63, 3.8) is 0 Å². The lowest BCUT2D eigenvalue weighted by atomic mass is 10.1. The number of aryl methyl sites for hydroxylation is 2. The summed E-state index contributed by atoms with van der Waals surface area (Å²) in [6, 6.07) is 6.09. The third kappa shape index (κ3) is 3.78. The Morgan fingerprint density at radius 1 is 1.11 bits per heavy atom. The van der Waals surface area contributed by atoms with Gasteiger partial charge >= 0.3 is 0 Å². The summed E-state index contributed by atoms with van der Waals surface area (Å²) in [6.07, 6.45) is 0. The van der Waals surface area contributed by atoms with Crippen LogP contribution in [0.2, 0.25) is 0 Å². The Bertz CT molecular complexity index is 522. The van der Waals surface area contributed by atoms with Gasteiger partial charge in [0.25, 0.3) is 10.2 Å². The zero-order chi connectivity index (χ0) is 14.6. The average Bonchev–Trinajstić information content (AvgIpc) is 2.33. The highest BCUT2D eigenvalue weighted by Gasteiger charge is 2.24. The van der Waals surface area contributed by atoms with Crippen LogP contribution in [0, 0.1) is 13.8 Å². The summed E-state index contributed by atoms with van der Waals surface area (Å²) in [5.74, 6) is 0. The van der Waals surface area contributed by atoms with Crippen molar-refractivity contribution >= 4 is 10.2 Å². The zero-order valence-corrected chi connectivity index (χ0v) is 13.3. The molecule has 1 aromatic carbocycles. The van der Waals surface area contributed by atoms with Gasteiger partial charge in [0.15, 0.2) is 0 Å². The van der Waals surface area contributed by atoms with Crippen molar-refractivity contribution in [1.29, 1.82) is 0 Å². The van der Waals surface area contributed by atoms with Crippen molar-refractivity contribution in [2.75, 3.05) is 20.1 Å². The third-order valence-corrected chi connectivity index (χ3v) is 5.40. The summed E-state index contributed by atoms with van der Waals surface area (Å²) in [5.41, 5.74) is 3.36. The fourth-order valence-electron chi connectivity index (χ4n) is 2.09. The maximum atomic E-state index is 12.3. The van der Waals surface area contributed by atoms with Gasteiger partial charge in [-0.15, -0.1) is 0 Å². The van der Waals surface area contributed by atoms with Gasteiger partial charge in [0.2, 0.25) is 0 Å². The normalized spacial score (nSPS) is 12.4. The average molecular weight is 284 g/mol. The van der Waals surface area contributed by atoms with Gasteiger partial charge in [0.1, 0.15) is 0 Å². The van der Waals surface area contributed by atoms with Crippen molar-refractivity contribution in [2.24, 2.45) is 0 Å². The molecule has 108 valence electrons. The van der Waals surface area contributed by atoms with Crippen LogP contribution in [0.5, 0.6) is 0 Å². The Hall–Kier alpha value is -0.910. The molecule has 0 aliphatic rings. The van der Waals surface area contributed by atoms with E-state index >= 15 is 0 Å². The van der Waals surface area contributed by atoms with Crippen LogP contribution in [0.1, 0.15) is 30.5 Å². The lowest BCUT2D eigenvalue weighted by Crippen LogP contribution is -2.41. The molecule has 0 aromatic heterocycles. The molecule has 0 radical (unpaired) electrons. The largest absolute Gasteiger partial charge is 0.282 e. The zero-order valence-electron chi connectivity index (χ0n) is 12.5. The van der Waals surface area contributed by atoms with E-state index in [1.165, 1.54) is 14.2 Å². The maximum Gasteiger partial charge on any atom is 0.282 e. The number of hydrogen-bond donors (Lipinski definition) is 0. The van der Waals surface area contributed by atoms with Crippen LogP contribution in [0.4, 0.5) is 0 Å². The second kappa shape index (κ2) is 6.50. The lowest BCUT2D eigenvalue weighted by molar-refractivity contribution is 0.374. The molecule has 0 aliphatic carbocycles. The molecule has 0 aliphatic heterocycles. The van der Waals surface area contributed by atoms with E-state index in [1.54, 1.807) is 7.05 Å². The molecule has 0 saturated heterocycles. The monoisotopic (exact) mass is 284 g/mol. The van der Waals surface area contributed by atoms with Crippen LogP contribution in [0.3, 0.4) is 0 Å². The van der Waals surface area contributed by atoms with Crippen molar-refractivity contribution < 1.29 is 8.42 Å². The molecule has 4 nitrogen and oxygen atoms in total. The van der Waals surface area contributed by atoms with Crippen LogP contribution in [0.15, 0.2) is 18.2 Å². The molecule has 0 fully saturated rings. The van der Waals surface area contributed by atoms with E-state index in [2.05, 4.69) is 6.07 Å². The molecule has 0 bridgehead atoms. The van der Waals surface area contributed by atoms with E-state index in [1.807, 2.05) is 39.8 Å². The van der Waals surface area contributed by atoms with Gasteiger partial charge in [0.05, 0.1) is 0 Å². The predicted molar refractivity (Wildman–Crippen MR) is 79.2 cm³/mol. The molecule has 0 N–H and O–H groups in total. The first kappa shape index (κ1) is 16.1. The Labute approximate surface area is 117 Å². The Kier molecular flexibility index (Phi) is 5.52. The molecular weight excluding hydrogens is 260 g/mol. The lowest BCUT2D eigenvalue weighted by Gasteiger charge is -2.26. The molecule has 0 saturated carbocycles. The van der Waals surface area contributed by atoms with E-state index in [9.17, 15) is 8.42 Å². The van der Waals surface area contributed by atoms with Crippen molar-refractivity contribution in [1.82, 2.24) is 8.61 Å². The minimum absolute atomic E-state index is 0.408. The minimum atomic E-state index is -3.36. The molecular formula is C14H24N2O2S. The molecule has 19 heavy (non-hydrogen) atoms. The molecule has 1 aromatic rings. The molecule has 0 heterocycles. The fourth-order valence-corrected chi connectivity index (χ4v) is 3.44. The van der Waals surface area contributed by atoms with Crippen molar-refractivity contribution in [3.05, 3.63) is 34.9 Å². The highest BCUT2D eigenvalue weighted by molar-refractivity contribution is 7.86. The van der Waals surface area contributed by atoms with Gasteiger partial charge in [0, 0.05) is 26.7 Å². The maximum absolute atomic E-state index is 12.3. The van der Waals surface area contributed by atoms with Gasteiger partial charge in [-0.2, -0.15) is 17.0 Å². The number of hydrogen-bond acceptors (Lipinski definition) is 2. The minimum Gasteiger partial charge on any atom is -0.195 e. The smallest absolute Gasteiger partial charge is 0.195 e. The highest BCUT2D eigenvalue weighted by Crippen LogP contribution is 2.15. The molecule has 0 spiro atoms. The van der Waals surface area contributed by atoms with Crippen molar-refractivity contribution in [2.45, 2.75) is 34.2 Å². The summed E-state index contributed by atoms with van der Waals surface area (Å²) >= 11 is 0. The highest BCUT2D eigenvalue weighted by atomic mass is 32.2. The van der Waals surface area contributed by atoms with E-state index in [4.69, 9.17) is 0 Å². The summed E-state index contributed by atoms with van der Waals surface area (Å²) in [5, 5.41) is 0. The molecule has 1 rings (SSSR count). The number of nitrogens with zero attached hydrogens (tertiary/aromatic N) is 2. The SMILES string of the molecule is CCN(CC)S(=O)(=O)N(C)Cc1ccc(C)cc1C. The number of benzene rings is 1. The van der Waals surface area contributed by atoms with E-state index in [0.717, 1.165) is 11.1 Å². The first-order valence-corrected chi connectivity index (χ1v) is 8.00. The van der Waals surface area contributed by atoms with Crippen LogP contribution in [-0.2, 0) is 16.8 Å². The van der Waals surface area contributed by atoms with E-state index < -0.39 is 10.2 Å². The fraction of sp³-hybridized carbons (Fsp3) is 0.571. The summed E-state index contributed by atoms with van der Waals surface area (Å²) in [4.78, 5) is 0. The Balaban J connectivity index is 2.93. The van der Waals surface area contributed by atoms with Gasteiger partial charge in [-0.05, 0) is 25.0 Å². The number of rotatable bonds is 6. The van der Waals surface area contributed by atoms with Crippen LogP contribution in [-0.4, -0.2) is 37.2 Å². The topological polar surface area (TPSA) is 40.6 Å². The van der Waals surface area contributed by atoms with Gasteiger partial charge in [-0.25, -0.2) is 0 Å². The van der Waals surface area contributed by atoms with E-state index in [0.29, 0.717) is 19.6 Å². The molecule has 0 unspecified atom stereocenters. The summed E-state index contributed by atoms with van der Waals surface area (Å²) < 4.78 is 27.5. The van der Waals surface area contributed by atoms with Crippen LogP contribution < -0.4 is 0 Å². The van der Waals surface area contributed by atoms with Crippen molar-refractivity contribution in [3.8, 4) is 0 Å². The Morgan fingerprint density at radius 3 is 2.16 bits per heavy atom. The molecule has 0 amide bonds. The third-order valence-electron chi connectivity index (χ3n) is 3.32. The van der Waals surface area contributed by atoms with Gasteiger partial charge in [-0.3, -0.25) is 0 Å².